The summed E-state index contributed by atoms with van der Waals surface area (Å²) in [5.74, 6) is -0.822. The first kappa shape index (κ1) is 23.2. The molecule has 0 bridgehead atoms. The van der Waals surface area contributed by atoms with Crippen LogP contribution in [0.3, 0.4) is 0 Å². The van der Waals surface area contributed by atoms with E-state index in [9.17, 15) is 9.59 Å². The van der Waals surface area contributed by atoms with Gasteiger partial charge in [0.1, 0.15) is 23.4 Å². The maximum Gasteiger partial charge on any atom is 0.320 e. The summed E-state index contributed by atoms with van der Waals surface area (Å²) in [6.07, 6.45) is 3.94. The summed E-state index contributed by atoms with van der Waals surface area (Å²) in [6, 6.07) is 0. The number of hydrogen-bond donors (Lipinski definition) is 1. The van der Waals surface area contributed by atoms with Crippen molar-refractivity contribution in [1.82, 2.24) is 5.32 Å². The lowest BCUT2D eigenvalue weighted by Gasteiger charge is -2.42. The highest BCUT2D eigenvalue weighted by molar-refractivity contribution is 5.75. The van der Waals surface area contributed by atoms with E-state index in [-0.39, 0.29) is 48.5 Å². The zero-order valence-electron chi connectivity index (χ0n) is 18.7. The minimum absolute atomic E-state index is 0.00963. The Morgan fingerprint density at radius 3 is 2.53 bits per heavy atom. The molecule has 170 valence electrons. The van der Waals surface area contributed by atoms with Gasteiger partial charge in [-0.2, -0.15) is 0 Å². The van der Waals surface area contributed by atoms with Gasteiger partial charge in [-0.05, 0) is 47.0 Å². The van der Waals surface area contributed by atoms with Crippen LogP contribution in [0.5, 0.6) is 0 Å². The smallest absolute Gasteiger partial charge is 0.320 e. The fourth-order valence-corrected chi connectivity index (χ4v) is 4.76. The predicted octanol–water partition coefficient (Wildman–Crippen LogP) is 1.76. The van der Waals surface area contributed by atoms with Crippen LogP contribution in [0.1, 0.15) is 47.0 Å². The average Bonchev–Trinajstić information content (AvgIpc) is 3.59. The molecule has 2 saturated heterocycles. The molecule has 8 nitrogen and oxygen atoms in total. The first-order chi connectivity index (χ1) is 14.3. The molecule has 0 aromatic carbocycles. The molecule has 3 fully saturated rings. The van der Waals surface area contributed by atoms with Gasteiger partial charge in [0.25, 0.3) is 0 Å². The van der Waals surface area contributed by atoms with Gasteiger partial charge in [0, 0.05) is 7.11 Å². The van der Waals surface area contributed by atoms with Gasteiger partial charge in [0.2, 0.25) is 0 Å². The highest BCUT2D eigenvalue weighted by Gasteiger charge is 2.72. The SMILES string of the molecule is CCOC(=O)CNCC(=O)OC1CCC2(CO2)C(C2(C)OC2CC=C(C)C)C1OC. The van der Waals surface area contributed by atoms with Gasteiger partial charge < -0.3 is 23.7 Å². The van der Waals surface area contributed by atoms with Crippen LogP contribution in [0.15, 0.2) is 11.6 Å². The van der Waals surface area contributed by atoms with E-state index in [0.29, 0.717) is 19.6 Å². The molecular formula is C22H35NO7. The van der Waals surface area contributed by atoms with Gasteiger partial charge in [0.15, 0.2) is 0 Å². The molecular weight excluding hydrogens is 390 g/mol. The van der Waals surface area contributed by atoms with Crippen LogP contribution in [0.25, 0.3) is 0 Å². The number of methoxy groups -OCH3 is 1. The molecule has 8 heteroatoms. The first-order valence-corrected chi connectivity index (χ1v) is 10.8. The van der Waals surface area contributed by atoms with Gasteiger partial charge in [0.05, 0.1) is 38.3 Å². The number of carbonyl (C=O) groups excluding carboxylic acids is 2. The number of ether oxygens (including phenoxy) is 5. The van der Waals surface area contributed by atoms with Crippen molar-refractivity contribution in [2.24, 2.45) is 5.92 Å². The molecule has 3 rings (SSSR count). The molecule has 0 radical (unpaired) electrons. The minimum atomic E-state index is -0.416. The molecule has 2 heterocycles. The number of hydrogen-bond acceptors (Lipinski definition) is 8. The molecule has 6 unspecified atom stereocenters. The van der Waals surface area contributed by atoms with Crippen LogP contribution in [-0.4, -0.2) is 74.9 Å². The number of allylic oxidation sites excluding steroid dienone is 1. The normalized spacial score (nSPS) is 36.8. The monoisotopic (exact) mass is 425 g/mol. The highest BCUT2D eigenvalue weighted by atomic mass is 16.6. The molecule has 0 aromatic heterocycles. The molecule has 1 aliphatic carbocycles. The fourth-order valence-electron chi connectivity index (χ4n) is 4.76. The molecule has 3 aliphatic rings. The Morgan fingerprint density at radius 2 is 1.93 bits per heavy atom. The number of nitrogens with one attached hydrogen (secondary N) is 1. The largest absolute Gasteiger partial charge is 0.465 e. The maximum absolute atomic E-state index is 12.3. The second-order valence-electron chi connectivity index (χ2n) is 8.81. The third-order valence-electron chi connectivity index (χ3n) is 6.36. The zero-order valence-corrected chi connectivity index (χ0v) is 18.7. The summed E-state index contributed by atoms with van der Waals surface area (Å²) in [4.78, 5) is 23.7. The van der Waals surface area contributed by atoms with Crippen molar-refractivity contribution in [2.45, 2.75) is 76.5 Å². The minimum Gasteiger partial charge on any atom is -0.465 e. The highest BCUT2D eigenvalue weighted by Crippen LogP contribution is 2.59. The average molecular weight is 426 g/mol. The Kier molecular flexibility index (Phi) is 7.22. The third-order valence-corrected chi connectivity index (χ3v) is 6.36. The molecule has 1 N–H and O–H groups in total. The summed E-state index contributed by atoms with van der Waals surface area (Å²) in [6.45, 7) is 8.91. The van der Waals surface area contributed by atoms with Crippen molar-refractivity contribution in [1.29, 1.82) is 0 Å². The van der Waals surface area contributed by atoms with E-state index >= 15 is 0 Å². The molecule has 0 amide bonds. The zero-order chi connectivity index (χ0) is 21.9. The van der Waals surface area contributed by atoms with Crippen molar-refractivity contribution in [2.75, 3.05) is 33.4 Å². The van der Waals surface area contributed by atoms with Gasteiger partial charge in [-0.15, -0.1) is 0 Å². The van der Waals surface area contributed by atoms with E-state index < -0.39 is 11.9 Å². The third kappa shape index (κ3) is 5.04. The van der Waals surface area contributed by atoms with Crippen molar-refractivity contribution >= 4 is 11.9 Å². The molecule has 30 heavy (non-hydrogen) atoms. The van der Waals surface area contributed by atoms with Crippen LogP contribution in [0, 0.1) is 5.92 Å². The van der Waals surface area contributed by atoms with Crippen LogP contribution in [0.4, 0.5) is 0 Å². The summed E-state index contributed by atoms with van der Waals surface area (Å²) in [7, 11) is 1.65. The van der Waals surface area contributed by atoms with Crippen LogP contribution in [-0.2, 0) is 33.3 Å². The Balaban J connectivity index is 1.60. The number of carbonyl (C=O) groups is 2. The lowest BCUT2D eigenvalue weighted by Crippen LogP contribution is -2.56. The predicted molar refractivity (Wildman–Crippen MR) is 109 cm³/mol. The van der Waals surface area contributed by atoms with Gasteiger partial charge in [-0.25, -0.2) is 0 Å². The Morgan fingerprint density at radius 1 is 1.23 bits per heavy atom. The summed E-state index contributed by atoms with van der Waals surface area (Å²) in [5.41, 5.74) is 0.649. The lowest BCUT2D eigenvalue weighted by molar-refractivity contribution is -0.170. The van der Waals surface area contributed by atoms with Crippen molar-refractivity contribution in [3.05, 3.63) is 11.6 Å². The topological polar surface area (TPSA) is 98.9 Å². The molecule has 0 aromatic rings. The molecule has 2 aliphatic heterocycles. The summed E-state index contributed by atoms with van der Waals surface area (Å²) >= 11 is 0. The van der Waals surface area contributed by atoms with Crippen LogP contribution >= 0.6 is 0 Å². The Bertz CT molecular complexity index is 670. The van der Waals surface area contributed by atoms with Crippen molar-refractivity contribution in [3.8, 4) is 0 Å². The summed E-state index contributed by atoms with van der Waals surface area (Å²) < 4.78 is 28.5. The van der Waals surface area contributed by atoms with E-state index in [2.05, 4.69) is 32.2 Å². The van der Waals surface area contributed by atoms with E-state index in [4.69, 9.17) is 23.7 Å². The number of rotatable bonds is 10. The number of esters is 2. The van der Waals surface area contributed by atoms with E-state index in [0.717, 1.165) is 12.8 Å². The second kappa shape index (κ2) is 9.34. The van der Waals surface area contributed by atoms with Gasteiger partial charge in [-0.3, -0.25) is 14.9 Å². The molecule has 1 saturated carbocycles. The second-order valence-corrected chi connectivity index (χ2v) is 8.81. The lowest BCUT2D eigenvalue weighted by atomic mass is 9.68. The Labute approximate surface area is 178 Å². The first-order valence-electron chi connectivity index (χ1n) is 10.8. The Hall–Kier alpha value is -1.48. The maximum atomic E-state index is 12.3. The fraction of sp³-hybridized carbons (Fsp3) is 0.818. The van der Waals surface area contributed by atoms with E-state index in [1.165, 1.54) is 5.57 Å². The van der Waals surface area contributed by atoms with Gasteiger partial charge >= 0.3 is 11.9 Å². The molecule has 1 spiro atoms. The standard InChI is InChI=1S/C22H35NO7/c1-6-27-17(24)11-23-12-18(25)29-15-9-10-22(13-28-22)20(19(15)26-5)21(4)16(30-21)8-7-14(2)3/h7,15-16,19-20,23H,6,8-13H2,1-5H3. The van der Waals surface area contributed by atoms with Crippen molar-refractivity contribution in [3.63, 3.8) is 0 Å². The number of epoxide rings is 2. The van der Waals surface area contributed by atoms with E-state index in [1.807, 2.05) is 0 Å². The van der Waals surface area contributed by atoms with E-state index in [1.54, 1.807) is 14.0 Å². The quantitative estimate of drug-likeness (QED) is 0.321. The van der Waals surface area contributed by atoms with Crippen LogP contribution < -0.4 is 5.32 Å². The van der Waals surface area contributed by atoms with Crippen molar-refractivity contribution < 1.29 is 33.3 Å². The van der Waals surface area contributed by atoms with Crippen LogP contribution in [0.2, 0.25) is 0 Å². The van der Waals surface area contributed by atoms with Gasteiger partial charge in [-0.1, -0.05) is 11.6 Å². The molecule has 6 atom stereocenters. The summed E-state index contributed by atoms with van der Waals surface area (Å²) in [5, 5.41) is 2.76.